The number of halogens is 1. The van der Waals surface area contributed by atoms with Gasteiger partial charge in [-0.05, 0) is 62.6 Å². The third-order valence-electron chi connectivity index (χ3n) is 5.66. The van der Waals surface area contributed by atoms with Crippen molar-refractivity contribution >= 4 is 21.6 Å². The van der Waals surface area contributed by atoms with Crippen LogP contribution >= 0.6 is 0 Å². The van der Waals surface area contributed by atoms with E-state index in [1.807, 2.05) is 6.92 Å². The van der Waals surface area contributed by atoms with E-state index < -0.39 is 15.9 Å². The van der Waals surface area contributed by atoms with Gasteiger partial charge in [-0.3, -0.25) is 4.79 Å². The summed E-state index contributed by atoms with van der Waals surface area (Å²) in [5.74, 6) is -0.627. The Morgan fingerprint density at radius 2 is 1.91 bits per heavy atom. The van der Waals surface area contributed by atoms with Gasteiger partial charge in [0.25, 0.3) is 5.91 Å². The van der Waals surface area contributed by atoms with Crippen molar-refractivity contribution in [1.29, 1.82) is 0 Å². The number of benzene rings is 2. The second kappa shape index (κ2) is 8.84. The average molecular weight is 458 g/mol. The minimum Gasteiger partial charge on any atom is -0.355 e. The van der Waals surface area contributed by atoms with Crippen molar-refractivity contribution in [2.24, 2.45) is 0 Å². The molecule has 7 nitrogen and oxygen atoms in total. The van der Waals surface area contributed by atoms with Crippen molar-refractivity contribution in [1.82, 2.24) is 9.46 Å². The van der Waals surface area contributed by atoms with Gasteiger partial charge in [0.1, 0.15) is 5.82 Å². The fourth-order valence-corrected chi connectivity index (χ4v) is 5.43. The predicted molar refractivity (Wildman–Crippen MR) is 118 cm³/mol. The summed E-state index contributed by atoms with van der Waals surface area (Å²) in [5, 5.41) is 6.42. The van der Waals surface area contributed by atoms with E-state index in [4.69, 9.17) is 4.52 Å². The molecular weight excluding hydrogens is 433 g/mol. The number of hydrogen-bond donors (Lipinski definition) is 1. The van der Waals surface area contributed by atoms with E-state index in [0.29, 0.717) is 23.4 Å². The lowest BCUT2D eigenvalue weighted by atomic mass is 10.1. The van der Waals surface area contributed by atoms with Gasteiger partial charge >= 0.3 is 0 Å². The first-order chi connectivity index (χ1) is 15.3. The summed E-state index contributed by atoms with van der Waals surface area (Å²) < 4.78 is 46.4. The molecule has 0 saturated carbocycles. The van der Waals surface area contributed by atoms with E-state index in [2.05, 4.69) is 10.5 Å². The molecule has 0 radical (unpaired) electrons. The first-order valence-corrected chi connectivity index (χ1v) is 11.9. The van der Waals surface area contributed by atoms with Crippen molar-refractivity contribution in [2.75, 3.05) is 11.9 Å². The summed E-state index contributed by atoms with van der Waals surface area (Å²) in [6.45, 7) is 4.09. The minimum absolute atomic E-state index is 0.0276. The van der Waals surface area contributed by atoms with E-state index in [1.165, 1.54) is 40.7 Å². The molecule has 1 aliphatic heterocycles. The fraction of sp³-hybridized carbons (Fsp3) is 0.304. The van der Waals surface area contributed by atoms with Crippen molar-refractivity contribution < 1.29 is 22.1 Å². The molecule has 0 aliphatic carbocycles. The highest BCUT2D eigenvalue weighted by molar-refractivity contribution is 7.89. The number of nitrogens with zero attached hydrogens (tertiary/aromatic N) is 2. The lowest BCUT2D eigenvalue weighted by Crippen LogP contribution is -2.41. The maximum absolute atomic E-state index is 13.8. The van der Waals surface area contributed by atoms with E-state index in [9.17, 15) is 17.6 Å². The van der Waals surface area contributed by atoms with Gasteiger partial charge in [-0.2, -0.15) is 4.31 Å². The van der Waals surface area contributed by atoms with Gasteiger partial charge in [-0.25, -0.2) is 12.8 Å². The molecule has 32 heavy (non-hydrogen) atoms. The largest absolute Gasteiger partial charge is 0.355 e. The van der Waals surface area contributed by atoms with E-state index >= 15 is 0 Å². The van der Waals surface area contributed by atoms with Crippen molar-refractivity contribution in [3.63, 3.8) is 0 Å². The van der Waals surface area contributed by atoms with Crippen LogP contribution in [0.3, 0.4) is 0 Å². The summed E-state index contributed by atoms with van der Waals surface area (Å²) >= 11 is 0. The monoisotopic (exact) mass is 457 g/mol. The first-order valence-electron chi connectivity index (χ1n) is 10.4. The Labute approximate surface area is 186 Å². The van der Waals surface area contributed by atoms with Gasteiger partial charge in [0, 0.05) is 29.9 Å². The Kier molecular flexibility index (Phi) is 6.12. The number of amides is 1. The lowest BCUT2D eigenvalue weighted by molar-refractivity contribution is 0.101. The van der Waals surface area contributed by atoms with E-state index in [1.54, 1.807) is 19.1 Å². The molecule has 2 heterocycles. The van der Waals surface area contributed by atoms with Crippen molar-refractivity contribution in [2.45, 2.75) is 44.0 Å². The summed E-state index contributed by atoms with van der Waals surface area (Å²) in [6, 6.07) is 12.1. The Balaban J connectivity index is 1.46. The molecule has 0 bridgehead atoms. The molecule has 1 aliphatic rings. The molecule has 1 saturated heterocycles. The number of hydrogen-bond acceptors (Lipinski definition) is 5. The van der Waals surface area contributed by atoms with Gasteiger partial charge < -0.3 is 9.84 Å². The Morgan fingerprint density at radius 3 is 2.59 bits per heavy atom. The fourth-order valence-electron chi connectivity index (χ4n) is 3.73. The van der Waals surface area contributed by atoms with Crippen LogP contribution in [0.2, 0.25) is 0 Å². The van der Waals surface area contributed by atoms with Gasteiger partial charge in [0.15, 0.2) is 11.5 Å². The molecule has 1 atom stereocenters. The Bertz CT molecular complexity index is 1240. The smallest absolute Gasteiger partial charge is 0.277 e. The maximum Gasteiger partial charge on any atom is 0.277 e. The SMILES string of the molecule is Cc1ccc(-c2cc(C(=O)Nc3ccc(S(=O)(=O)N4CCCC[C@@H]4C)cc3)no2)cc1F. The highest BCUT2D eigenvalue weighted by atomic mass is 32.2. The number of sulfonamides is 1. The second-order valence-corrected chi connectivity index (χ2v) is 9.87. The topological polar surface area (TPSA) is 92.5 Å². The molecule has 0 spiro atoms. The van der Waals surface area contributed by atoms with Gasteiger partial charge in [-0.15, -0.1) is 0 Å². The highest BCUT2D eigenvalue weighted by Crippen LogP contribution is 2.26. The molecule has 168 valence electrons. The second-order valence-electron chi connectivity index (χ2n) is 7.98. The molecule has 1 fully saturated rings. The number of aryl methyl sites for hydroxylation is 1. The number of carbonyl (C=O) groups excluding carboxylic acids is 1. The van der Waals surface area contributed by atoms with Crippen LogP contribution in [0.4, 0.5) is 10.1 Å². The third-order valence-corrected chi connectivity index (χ3v) is 7.69. The van der Waals surface area contributed by atoms with Crippen LogP contribution < -0.4 is 5.32 Å². The van der Waals surface area contributed by atoms with Crippen LogP contribution in [-0.2, 0) is 10.0 Å². The predicted octanol–water partition coefficient (Wildman–Crippen LogP) is 4.60. The zero-order valence-corrected chi connectivity index (χ0v) is 18.7. The standard InChI is InChI=1S/C23H24FN3O4S/c1-15-6-7-17(13-20(15)24)22-14-21(26-31-22)23(28)25-18-8-10-19(11-9-18)32(29,30)27-12-4-3-5-16(27)2/h6-11,13-14,16H,3-5,12H2,1-2H3,(H,25,28)/t16-/m0/s1. The molecule has 3 aromatic rings. The van der Waals surface area contributed by atoms with Crippen LogP contribution in [-0.4, -0.2) is 36.4 Å². The summed E-state index contributed by atoms with van der Waals surface area (Å²) in [6.07, 6.45) is 2.73. The number of nitrogens with one attached hydrogen (secondary N) is 1. The molecule has 1 amide bonds. The lowest BCUT2D eigenvalue weighted by Gasteiger charge is -2.32. The van der Waals surface area contributed by atoms with Crippen molar-refractivity contribution in [3.05, 3.63) is 65.6 Å². The number of carbonyl (C=O) groups is 1. The van der Waals surface area contributed by atoms with Crippen LogP contribution in [0.25, 0.3) is 11.3 Å². The molecule has 0 unspecified atom stereocenters. The van der Waals surface area contributed by atoms with Gasteiger partial charge in [-0.1, -0.05) is 23.7 Å². The number of rotatable bonds is 5. The van der Waals surface area contributed by atoms with Crippen LogP contribution in [0.15, 0.2) is 57.9 Å². The highest BCUT2D eigenvalue weighted by Gasteiger charge is 2.30. The maximum atomic E-state index is 13.8. The van der Waals surface area contributed by atoms with E-state index in [0.717, 1.165) is 19.3 Å². The molecule has 4 rings (SSSR count). The Morgan fingerprint density at radius 1 is 1.16 bits per heavy atom. The van der Waals surface area contributed by atoms with Crippen LogP contribution in [0, 0.1) is 12.7 Å². The van der Waals surface area contributed by atoms with Crippen molar-refractivity contribution in [3.8, 4) is 11.3 Å². The number of anilines is 1. The summed E-state index contributed by atoms with van der Waals surface area (Å²) in [7, 11) is -3.58. The Hall–Kier alpha value is -3.04. The molecule has 1 aromatic heterocycles. The molecule has 9 heteroatoms. The first kappa shape index (κ1) is 22.2. The van der Waals surface area contributed by atoms with E-state index in [-0.39, 0.29) is 28.2 Å². The van der Waals surface area contributed by atoms with Crippen LogP contribution in [0.1, 0.15) is 42.2 Å². The number of piperidine rings is 1. The minimum atomic E-state index is -3.58. The zero-order valence-electron chi connectivity index (χ0n) is 17.8. The van der Waals surface area contributed by atoms with Gasteiger partial charge in [0.05, 0.1) is 4.90 Å². The zero-order chi connectivity index (χ0) is 22.9. The summed E-state index contributed by atoms with van der Waals surface area (Å²) in [4.78, 5) is 12.7. The van der Waals surface area contributed by atoms with Gasteiger partial charge in [0.2, 0.25) is 10.0 Å². The molecule has 2 aromatic carbocycles. The number of aromatic nitrogens is 1. The molecule has 1 N–H and O–H groups in total. The molecular formula is C23H24FN3O4S. The quantitative estimate of drug-likeness (QED) is 0.604. The van der Waals surface area contributed by atoms with Crippen LogP contribution in [0.5, 0.6) is 0 Å². The summed E-state index contributed by atoms with van der Waals surface area (Å²) in [5.41, 5.74) is 1.43. The normalized spacial score (nSPS) is 17.3. The average Bonchev–Trinajstić information content (AvgIpc) is 3.27. The third kappa shape index (κ3) is 4.44.